The van der Waals surface area contributed by atoms with E-state index in [-0.39, 0.29) is 12.0 Å². The first-order chi connectivity index (χ1) is 12.2. The van der Waals surface area contributed by atoms with Gasteiger partial charge in [-0.2, -0.15) is 0 Å². The molecule has 5 nitrogen and oxygen atoms in total. The van der Waals surface area contributed by atoms with E-state index >= 15 is 0 Å². The van der Waals surface area contributed by atoms with Crippen LogP contribution in [-0.4, -0.2) is 44.7 Å². The maximum Gasteiger partial charge on any atom is 0.227 e. The van der Waals surface area contributed by atoms with Crippen LogP contribution in [0.4, 0.5) is 0 Å². The molecule has 1 fully saturated rings. The summed E-state index contributed by atoms with van der Waals surface area (Å²) in [5.41, 5.74) is 2.01. The van der Waals surface area contributed by atoms with Gasteiger partial charge in [-0.05, 0) is 23.3 Å². The summed E-state index contributed by atoms with van der Waals surface area (Å²) < 4.78 is 16.4. The predicted molar refractivity (Wildman–Crippen MR) is 95.0 cm³/mol. The van der Waals surface area contributed by atoms with Crippen LogP contribution in [-0.2, 0) is 16.0 Å². The van der Waals surface area contributed by atoms with Gasteiger partial charge in [-0.15, -0.1) is 0 Å². The number of methoxy groups -OCH3 is 2. The fraction of sp³-hybridized carbons (Fsp3) is 0.350. The van der Waals surface area contributed by atoms with Crippen molar-refractivity contribution >= 4 is 5.91 Å². The van der Waals surface area contributed by atoms with E-state index in [2.05, 4.69) is 0 Å². The van der Waals surface area contributed by atoms with Crippen LogP contribution in [0, 0.1) is 0 Å². The largest absolute Gasteiger partial charge is 0.493 e. The minimum atomic E-state index is -0.0655. The highest BCUT2D eigenvalue weighted by Gasteiger charge is 2.25. The van der Waals surface area contributed by atoms with Crippen LogP contribution < -0.4 is 9.47 Å². The Balaban J connectivity index is 1.67. The van der Waals surface area contributed by atoms with Gasteiger partial charge in [-0.1, -0.05) is 36.4 Å². The fourth-order valence-electron chi connectivity index (χ4n) is 3.02. The lowest BCUT2D eigenvalue weighted by Gasteiger charge is -2.33. The molecule has 2 aromatic rings. The van der Waals surface area contributed by atoms with Crippen molar-refractivity contribution in [1.82, 2.24) is 4.90 Å². The number of hydrogen-bond donors (Lipinski definition) is 0. The molecule has 0 spiro atoms. The first-order valence-corrected chi connectivity index (χ1v) is 8.36. The summed E-state index contributed by atoms with van der Waals surface area (Å²) in [4.78, 5) is 14.6. The highest BCUT2D eigenvalue weighted by atomic mass is 16.5. The third-order valence-electron chi connectivity index (χ3n) is 4.39. The van der Waals surface area contributed by atoms with Crippen molar-refractivity contribution in [1.29, 1.82) is 0 Å². The second kappa shape index (κ2) is 8.03. The maximum absolute atomic E-state index is 12.7. The first kappa shape index (κ1) is 17.3. The van der Waals surface area contributed by atoms with Gasteiger partial charge in [0.15, 0.2) is 11.5 Å². The number of carbonyl (C=O) groups excluding carboxylic acids is 1. The maximum atomic E-state index is 12.7. The van der Waals surface area contributed by atoms with Crippen molar-refractivity contribution in [2.45, 2.75) is 12.5 Å². The van der Waals surface area contributed by atoms with Crippen LogP contribution in [0.25, 0.3) is 0 Å². The Hall–Kier alpha value is -2.53. The molecular formula is C20H23NO4. The van der Waals surface area contributed by atoms with Gasteiger partial charge in [0.2, 0.25) is 5.91 Å². The first-order valence-electron chi connectivity index (χ1n) is 8.36. The van der Waals surface area contributed by atoms with E-state index in [0.717, 1.165) is 11.1 Å². The number of morpholine rings is 1. The van der Waals surface area contributed by atoms with Crippen LogP contribution in [0.3, 0.4) is 0 Å². The van der Waals surface area contributed by atoms with Gasteiger partial charge >= 0.3 is 0 Å². The third-order valence-corrected chi connectivity index (χ3v) is 4.39. The lowest BCUT2D eigenvalue weighted by molar-refractivity contribution is -0.138. The van der Waals surface area contributed by atoms with E-state index in [1.54, 1.807) is 14.2 Å². The van der Waals surface area contributed by atoms with Crippen LogP contribution in [0.5, 0.6) is 11.5 Å². The van der Waals surface area contributed by atoms with Gasteiger partial charge in [-0.3, -0.25) is 4.79 Å². The van der Waals surface area contributed by atoms with Crippen molar-refractivity contribution in [2.24, 2.45) is 0 Å². The van der Waals surface area contributed by atoms with Crippen LogP contribution >= 0.6 is 0 Å². The van der Waals surface area contributed by atoms with Gasteiger partial charge in [0.05, 0.1) is 33.8 Å². The molecule has 0 bridgehead atoms. The summed E-state index contributed by atoms with van der Waals surface area (Å²) in [6, 6.07) is 15.6. The smallest absolute Gasteiger partial charge is 0.227 e. The molecule has 0 radical (unpaired) electrons. The van der Waals surface area contributed by atoms with Crippen molar-refractivity contribution in [3.63, 3.8) is 0 Å². The van der Waals surface area contributed by atoms with Crippen LogP contribution in [0.2, 0.25) is 0 Å². The van der Waals surface area contributed by atoms with Gasteiger partial charge in [0.1, 0.15) is 6.10 Å². The topological polar surface area (TPSA) is 48.0 Å². The van der Waals surface area contributed by atoms with Gasteiger partial charge in [-0.25, -0.2) is 0 Å². The van der Waals surface area contributed by atoms with Gasteiger partial charge in [0.25, 0.3) is 0 Å². The molecule has 3 rings (SSSR count). The summed E-state index contributed by atoms with van der Waals surface area (Å²) in [5, 5.41) is 0. The molecule has 0 N–H and O–H groups in total. The third kappa shape index (κ3) is 4.12. The zero-order valence-corrected chi connectivity index (χ0v) is 14.6. The van der Waals surface area contributed by atoms with E-state index in [1.165, 1.54) is 0 Å². The number of ether oxygens (including phenoxy) is 3. The zero-order valence-electron chi connectivity index (χ0n) is 14.6. The standard InChI is InChI=1S/C20H23NO4/c1-23-17-9-8-15(12-18(17)24-2)13-20(22)21-10-11-25-19(14-21)16-6-4-3-5-7-16/h3-9,12,19H,10-11,13-14H2,1-2H3/t19-/m1/s1. The predicted octanol–water partition coefficient (Wildman–Crippen LogP) is 2.85. The lowest BCUT2D eigenvalue weighted by Crippen LogP contribution is -2.42. The highest BCUT2D eigenvalue weighted by molar-refractivity contribution is 5.79. The number of hydrogen-bond acceptors (Lipinski definition) is 4. The highest BCUT2D eigenvalue weighted by Crippen LogP contribution is 2.28. The minimum Gasteiger partial charge on any atom is -0.493 e. The van der Waals surface area contributed by atoms with E-state index in [1.807, 2.05) is 53.4 Å². The molecular weight excluding hydrogens is 318 g/mol. The van der Waals surface area contributed by atoms with Crippen molar-refractivity contribution < 1.29 is 19.0 Å². The Morgan fingerprint density at radius 3 is 2.60 bits per heavy atom. The molecule has 0 aromatic heterocycles. The van der Waals surface area contributed by atoms with Crippen molar-refractivity contribution in [3.05, 3.63) is 59.7 Å². The monoisotopic (exact) mass is 341 g/mol. The molecule has 132 valence electrons. The molecule has 0 aliphatic carbocycles. The van der Waals surface area contributed by atoms with Gasteiger partial charge < -0.3 is 19.1 Å². The molecule has 2 aromatic carbocycles. The molecule has 0 saturated carbocycles. The van der Waals surface area contributed by atoms with Crippen LogP contribution in [0.1, 0.15) is 17.2 Å². The summed E-state index contributed by atoms with van der Waals surface area (Å²) in [7, 11) is 3.19. The summed E-state index contributed by atoms with van der Waals surface area (Å²) in [5.74, 6) is 1.39. The minimum absolute atomic E-state index is 0.0655. The number of nitrogens with zero attached hydrogens (tertiary/aromatic N) is 1. The number of rotatable bonds is 5. The lowest BCUT2D eigenvalue weighted by atomic mass is 10.1. The van der Waals surface area contributed by atoms with E-state index in [9.17, 15) is 4.79 Å². The fourth-order valence-corrected chi connectivity index (χ4v) is 3.02. The Bertz CT molecular complexity index is 717. The molecule has 1 aliphatic rings. The quantitative estimate of drug-likeness (QED) is 0.839. The number of amides is 1. The van der Waals surface area contributed by atoms with E-state index < -0.39 is 0 Å². The molecule has 1 aliphatic heterocycles. The average Bonchev–Trinajstić information content (AvgIpc) is 2.68. The molecule has 0 unspecified atom stereocenters. The summed E-state index contributed by atoms with van der Waals surface area (Å²) in [6.07, 6.45) is 0.270. The average molecular weight is 341 g/mol. The second-order valence-electron chi connectivity index (χ2n) is 5.98. The van der Waals surface area contributed by atoms with Crippen molar-refractivity contribution in [3.8, 4) is 11.5 Å². The van der Waals surface area contributed by atoms with Crippen LogP contribution in [0.15, 0.2) is 48.5 Å². The number of carbonyl (C=O) groups is 1. The van der Waals surface area contributed by atoms with Crippen molar-refractivity contribution in [2.75, 3.05) is 33.9 Å². The SMILES string of the molecule is COc1ccc(CC(=O)N2CCO[C@@H](c3ccccc3)C2)cc1OC. The Labute approximate surface area is 148 Å². The molecule has 1 saturated heterocycles. The summed E-state index contributed by atoms with van der Waals surface area (Å²) >= 11 is 0. The van der Waals surface area contributed by atoms with E-state index in [4.69, 9.17) is 14.2 Å². The molecule has 5 heteroatoms. The normalized spacial score (nSPS) is 17.2. The van der Waals surface area contributed by atoms with Gasteiger partial charge in [0, 0.05) is 6.54 Å². The Morgan fingerprint density at radius 1 is 1.12 bits per heavy atom. The Kier molecular flexibility index (Phi) is 5.56. The zero-order chi connectivity index (χ0) is 17.6. The second-order valence-corrected chi connectivity index (χ2v) is 5.98. The number of benzene rings is 2. The molecule has 25 heavy (non-hydrogen) atoms. The molecule has 1 amide bonds. The Morgan fingerprint density at radius 2 is 1.88 bits per heavy atom. The summed E-state index contributed by atoms with van der Waals surface area (Å²) in [6.45, 7) is 1.75. The van der Waals surface area contributed by atoms with E-state index in [0.29, 0.717) is 37.6 Å². The molecule has 1 atom stereocenters. The molecule has 1 heterocycles.